The molecule has 0 aliphatic heterocycles. The molecule has 30 heavy (non-hydrogen) atoms. The first-order valence-electron chi connectivity index (χ1n) is 9.24. The molecule has 0 aliphatic carbocycles. The number of nitrogens with one attached hydrogen (secondary N) is 1. The van der Waals surface area contributed by atoms with E-state index in [-0.39, 0.29) is 18.4 Å². The molecule has 154 valence electrons. The number of aromatic nitrogens is 2. The first kappa shape index (κ1) is 20.8. The summed E-state index contributed by atoms with van der Waals surface area (Å²) < 4.78 is 11.3. The van der Waals surface area contributed by atoms with E-state index in [1.807, 2.05) is 12.1 Å². The van der Waals surface area contributed by atoms with Gasteiger partial charge in [0, 0.05) is 38.2 Å². The van der Waals surface area contributed by atoms with Crippen molar-refractivity contribution in [3.63, 3.8) is 0 Å². The summed E-state index contributed by atoms with van der Waals surface area (Å²) in [6, 6.07) is 13.7. The molecule has 0 bridgehead atoms. The van der Waals surface area contributed by atoms with Gasteiger partial charge in [-0.2, -0.15) is 0 Å². The van der Waals surface area contributed by atoms with E-state index < -0.39 is 0 Å². The molecular weight excluding hydrogens is 384 g/mol. The maximum absolute atomic E-state index is 12.7. The molecule has 0 fully saturated rings. The lowest BCUT2D eigenvalue weighted by molar-refractivity contribution is -0.130. The van der Waals surface area contributed by atoms with Crippen LogP contribution in [0.1, 0.15) is 15.9 Å². The Bertz CT molecular complexity index is 1010. The van der Waals surface area contributed by atoms with Crippen molar-refractivity contribution in [1.82, 2.24) is 14.9 Å². The molecule has 1 aromatic carbocycles. The maximum Gasteiger partial charge on any atom is 0.259 e. The number of likely N-dealkylation sites (N-methyl/N-ethyl adjacent to an activating group) is 1. The molecule has 8 nitrogen and oxygen atoms in total. The molecule has 0 unspecified atom stereocenters. The van der Waals surface area contributed by atoms with Crippen LogP contribution >= 0.6 is 0 Å². The van der Waals surface area contributed by atoms with E-state index in [9.17, 15) is 9.59 Å². The van der Waals surface area contributed by atoms with Crippen LogP contribution in [0.5, 0.6) is 11.5 Å². The molecule has 3 aromatic rings. The van der Waals surface area contributed by atoms with Gasteiger partial charge in [0.15, 0.2) is 18.2 Å². The first-order chi connectivity index (χ1) is 14.5. The van der Waals surface area contributed by atoms with Crippen LogP contribution in [-0.4, -0.2) is 47.4 Å². The standard InChI is InChI=1S/C22H22N4O4/c1-26(2)20(27)15-29-18-6-3-5-17(13-18)22(28)25-21-19(7-4-10-24-21)30-14-16-8-11-23-12-9-16/h3-13H,14-15H2,1-2H3,(H,24,25,28). The lowest BCUT2D eigenvalue weighted by atomic mass is 10.2. The number of nitrogens with zero attached hydrogens (tertiary/aromatic N) is 3. The molecule has 1 N–H and O–H groups in total. The van der Waals surface area contributed by atoms with Crippen LogP contribution in [0.25, 0.3) is 0 Å². The van der Waals surface area contributed by atoms with E-state index >= 15 is 0 Å². The number of ether oxygens (including phenoxy) is 2. The Morgan fingerprint density at radius 3 is 2.57 bits per heavy atom. The minimum Gasteiger partial charge on any atom is -0.485 e. The van der Waals surface area contributed by atoms with Gasteiger partial charge in [0.25, 0.3) is 11.8 Å². The highest BCUT2D eigenvalue weighted by atomic mass is 16.5. The van der Waals surface area contributed by atoms with Gasteiger partial charge in [0.2, 0.25) is 0 Å². The highest BCUT2D eigenvalue weighted by molar-refractivity contribution is 6.04. The summed E-state index contributed by atoms with van der Waals surface area (Å²) in [6.07, 6.45) is 4.94. The van der Waals surface area contributed by atoms with Gasteiger partial charge in [0.1, 0.15) is 12.4 Å². The van der Waals surface area contributed by atoms with Gasteiger partial charge >= 0.3 is 0 Å². The highest BCUT2D eigenvalue weighted by Gasteiger charge is 2.13. The van der Waals surface area contributed by atoms with Crippen molar-refractivity contribution >= 4 is 17.6 Å². The Morgan fingerprint density at radius 2 is 1.80 bits per heavy atom. The van der Waals surface area contributed by atoms with E-state index in [1.54, 1.807) is 69.1 Å². The van der Waals surface area contributed by atoms with Crippen LogP contribution in [0.2, 0.25) is 0 Å². The highest BCUT2D eigenvalue weighted by Crippen LogP contribution is 2.23. The van der Waals surface area contributed by atoms with Crippen LogP contribution in [0.15, 0.2) is 67.1 Å². The van der Waals surface area contributed by atoms with E-state index in [2.05, 4.69) is 15.3 Å². The summed E-state index contributed by atoms with van der Waals surface area (Å²) in [5.41, 5.74) is 1.32. The quantitative estimate of drug-likeness (QED) is 0.618. The molecule has 0 spiro atoms. The van der Waals surface area contributed by atoms with Crippen molar-refractivity contribution in [2.75, 3.05) is 26.0 Å². The normalized spacial score (nSPS) is 10.2. The Balaban J connectivity index is 1.66. The minimum absolute atomic E-state index is 0.106. The van der Waals surface area contributed by atoms with Crippen molar-refractivity contribution in [3.05, 3.63) is 78.2 Å². The Morgan fingerprint density at radius 1 is 1.00 bits per heavy atom. The van der Waals surface area contributed by atoms with Gasteiger partial charge in [-0.3, -0.25) is 14.6 Å². The number of anilines is 1. The van der Waals surface area contributed by atoms with Crippen LogP contribution < -0.4 is 14.8 Å². The smallest absolute Gasteiger partial charge is 0.259 e. The number of hydrogen-bond acceptors (Lipinski definition) is 6. The second-order valence-electron chi connectivity index (χ2n) is 6.55. The number of benzene rings is 1. The maximum atomic E-state index is 12.7. The zero-order valence-corrected chi connectivity index (χ0v) is 16.7. The van der Waals surface area contributed by atoms with Gasteiger partial charge in [-0.05, 0) is 48.0 Å². The topological polar surface area (TPSA) is 93.7 Å². The third-order valence-electron chi connectivity index (χ3n) is 4.10. The van der Waals surface area contributed by atoms with Gasteiger partial charge < -0.3 is 19.7 Å². The fourth-order valence-corrected chi connectivity index (χ4v) is 2.42. The average Bonchev–Trinajstić information content (AvgIpc) is 2.77. The lowest BCUT2D eigenvalue weighted by Crippen LogP contribution is -2.27. The molecule has 2 amide bonds. The molecule has 0 saturated heterocycles. The summed E-state index contributed by atoms with van der Waals surface area (Å²) in [7, 11) is 3.30. The predicted octanol–water partition coefficient (Wildman–Crippen LogP) is 2.77. The van der Waals surface area contributed by atoms with E-state index in [4.69, 9.17) is 9.47 Å². The van der Waals surface area contributed by atoms with Crippen LogP contribution in [-0.2, 0) is 11.4 Å². The van der Waals surface area contributed by atoms with Crippen LogP contribution in [0.4, 0.5) is 5.82 Å². The summed E-state index contributed by atoms with van der Waals surface area (Å²) in [4.78, 5) is 34.0. The van der Waals surface area contributed by atoms with Crippen molar-refractivity contribution < 1.29 is 19.1 Å². The largest absolute Gasteiger partial charge is 0.485 e. The van der Waals surface area contributed by atoms with Crippen molar-refractivity contribution in [2.45, 2.75) is 6.61 Å². The third kappa shape index (κ3) is 5.78. The second-order valence-corrected chi connectivity index (χ2v) is 6.55. The Kier molecular flexibility index (Phi) is 6.94. The predicted molar refractivity (Wildman–Crippen MR) is 111 cm³/mol. The average molecular weight is 406 g/mol. The van der Waals surface area contributed by atoms with Crippen LogP contribution in [0.3, 0.4) is 0 Å². The molecule has 0 atom stereocenters. The Hall–Kier alpha value is -3.94. The number of rotatable bonds is 8. The van der Waals surface area contributed by atoms with Crippen LogP contribution in [0, 0.1) is 0 Å². The van der Waals surface area contributed by atoms with E-state index in [1.165, 1.54) is 4.90 Å². The number of carbonyl (C=O) groups excluding carboxylic acids is 2. The summed E-state index contributed by atoms with van der Waals surface area (Å²) >= 11 is 0. The molecule has 8 heteroatoms. The minimum atomic E-state index is -0.369. The summed E-state index contributed by atoms with van der Waals surface area (Å²) in [5, 5.41) is 2.76. The summed E-state index contributed by atoms with van der Waals surface area (Å²) in [6.45, 7) is 0.214. The molecule has 2 heterocycles. The van der Waals surface area contributed by atoms with Gasteiger partial charge in [0.05, 0.1) is 0 Å². The number of pyridine rings is 2. The van der Waals surface area contributed by atoms with Crippen molar-refractivity contribution in [3.8, 4) is 11.5 Å². The number of carbonyl (C=O) groups is 2. The number of amides is 2. The van der Waals surface area contributed by atoms with Crippen molar-refractivity contribution in [1.29, 1.82) is 0 Å². The van der Waals surface area contributed by atoms with Gasteiger partial charge in [-0.25, -0.2) is 4.98 Å². The zero-order valence-electron chi connectivity index (χ0n) is 16.7. The third-order valence-corrected chi connectivity index (χ3v) is 4.10. The molecule has 0 aliphatic rings. The first-order valence-corrected chi connectivity index (χ1v) is 9.24. The lowest BCUT2D eigenvalue weighted by Gasteiger charge is -2.13. The molecular formula is C22H22N4O4. The fraction of sp³-hybridized carbons (Fsp3) is 0.182. The Labute approximate surface area is 174 Å². The summed E-state index contributed by atoms with van der Waals surface area (Å²) in [5.74, 6) is 0.645. The van der Waals surface area contributed by atoms with E-state index in [0.717, 1.165) is 5.56 Å². The van der Waals surface area contributed by atoms with Crippen molar-refractivity contribution in [2.24, 2.45) is 0 Å². The zero-order chi connectivity index (χ0) is 21.3. The van der Waals surface area contributed by atoms with Gasteiger partial charge in [-0.15, -0.1) is 0 Å². The molecule has 3 rings (SSSR count). The van der Waals surface area contributed by atoms with Gasteiger partial charge in [-0.1, -0.05) is 6.07 Å². The molecule has 2 aromatic heterocycles. The second kappa shape index (κ2) is 10.0. The SMILES string of the molecule is CN(C)C(=O)COc1cccc(C(=O)Nc2ncccc2OCc2ccncc2)c1. The molecule has 0 radical (unpaired) electrons. The monoisotopic (exact) mass is 406 g/mol. The molecule has 0 saturated carbocycles. The number of hydrogen-bond donors (Lipinski definition) is 1. The fourth-order valence-electron chi connectivity index (χ4n) is 2.42. The van der Waals surface area contributed by atoms with E-state index in [0.29, 0.717) is 29.5 Å².